The highest BCUT2D eigenvalue weighted by Crippen LogP contribution is 2.26. The van der Waals surface area contributed by atoms with Gasteiger partial charge in [0.2, 0.25) is 0 Å². The van der Waals surface area contributed by atoms with Gasteiger partial charge in [0.1, 0.15) is 6.07 Å². The first-order valence-electron chi connectivity index (χ1n) is 4.36. The number of nitrogens with zero attached hydrogens (tertiary/aromatic N) is 1. The molecule has 0 atom stereocenters. The summed E-state index contributed by atoms with van der Waals surface area (Å²) < 4.78 is 0. The highest BCUT2D eigenvalue weighted by atomic mass is 14.9. The average Bonchev–Trinajstić information content (AvgIpc) is 2.89. The molecule has 0 unspecified atom stereocenters. The van der Waals surface area contributed by atoms with E-state index in [2.05, 4.69) is 5.32 Å². The van der Waals surface area contributed by atoms with Gasteiger partial charge >= 0.3 is 0 Å². The van der Waals surface area contributed by atoms with Crippen LogP contribution in [0.5, 0.6) is 0 Å². The summed E-state index contributed by atoms with van der Waals surface area (Å²) in [5.74, 6) is 0. The minimum absolute atomic E-state index is 0.543. The quantitative estimate of drug-likeness (QED) is 0.669. The Hall–Kier alpha value is -1.69. The van der Waals surface area contributed by atoms with Gasteiger partial charge in [-0.25, -0.2) is 0 Å². The highest BCUT2D eigenvalue weighted by Gasteiger charge is 2.20. The zero-order valence-electron chi connectivity index (χ0n) is 7.25. The van der Waals surface area contributed by atoms with E-state index in [0.29, 0.717) is 17.3 Å². The van der Waals surface area contributed by atoms with Crippen LogP contribution >= 0.6 is 0 Å². The van der Waals surface area contributed by atoms with Crippen LogP contribution in [0.25, 0.3) is 0 Å². The van der Waals surface area contributed by atoms with Crippen molar-refractivity contribution >= 4 is 11.4 Å². The molecule has 66 valence electrons. The molecule has 1 aromatic carbocycles. The van der Waals surface area contributed by atoms with Gasteiger partial charge in [-0.3, -0.25) is 0 Å². The molecule has 13 heavy (non-hydrogen) atoms. The first-order valence-corrected chi connectivity index (χ1v) is 4.36. The van der Waals surface area contributed by atoms with Gasteiger partial charge in [0.15, 0.2) is 0 Å². The zero-order valence-corrected chi connectivity index (χ0v) is 7.25. The second-order valence-electron chi connectivity index (χ2n) is 3.33. The van der Waals surface area contributed by atoms with Crippen molar-refractivity contribution in [2.75, 3.05) is 11.1 Å². The summed E-state index contributed by atoms with van der Waals surface area (Å²) in [6.07, 6.45) is 2.47. The molecule has 2 rings (SSSR count). The Morgan fingerprint density at radius 3 is 2.77 bits per heavy atom. The monoisotopic (exact) mass is 173 g/mol. The third-order valence-corrected chi connectivity index (χ3v) is 2.12. The first-order chi connectivity index (χ1) is 6.29. The lowest BCUT2D eigenvalue weighted by atomic mass is 10.2. The van der Waals surface area contributed by atoms with Crippen LogP contribution in [-0.2, 0) is 0 Å². The molecule has 3 N–H and O–H groups in total. The standard InChI is InChI=1S/C10H11N3/c11-6-7-1-2-9(5-10(7)12)13-8-3-4-8/h1-2,5,8,13H,3-4,12H2. The molecule has 1 saturated carbocycles. The molecule has 1 fully saturated rings. The van der Waals surface area contributed by atoms with Crippen molar-refractivity contribution in [3.05, 3.63) is 23.8 Å². The Morgan fingerprint density at radius 1 is 1.46 bits per heavy atom. The van der Waals surface area contributed by atoms with Crippen molar-refractivity contribution in [1.82, 2.24) is 0 Å². The second-order valence-corrected chi connectivity index (χ2v) is 3.33. The second kappa shape index (κ2) is 2.98. The fraction of sp³-hybridized carbons (Fsp3) is 0.300. The summed E-state index contributed by atoms with van der Waals surface area (Å²) in [4.78, 5) is 0. The predicted molar refractivity (Wildman–Crippen MR) is 52.2 cm³/mol. The summed E-state index contributed by atoms with van der Waals surface area (Å²) in [5, 5.41) is 12.0. The van der Waals surface area contributed by atoms with E-state index in [0.717, 1.165) is 5.69 Å². The smallest absolute Gasteiger partial charge is 0.101 e. The number of anilines is 2. The maximum atomic E-state index is 8.65. The van der Waals surface area contributed by atoms with Gasteiger partial charge in [-0.15, -0.1) is 0 Å². The van der Waals surface area contributed by atoms with E-state index in [1.165, 1.54) is 12.8 Å². The van der Waals surface area contributed by atoms with Crippen molar-refractivity contribution in [2.45, 2.75) is 18.9 Å². The van der Waals surface area contributed by atoms with Gasteiger partial charge in [0.05, 0.1) is 11.3 Å². The van der Waals surface area contributed by atoms with Crippen molar-refractivity contribution in [3.63, 3.8) is 0 Å². The van der Waals surface area contributed by atoms with Crippen molar-refractivity contribution in [2.24, 2.45) is 0 Å². The summed E-state index contributed by atoms with van der Waals surface area (Å²) >= 11 is 0. The molecular weight excluding hydrogens is 162 g/mol. The van der Waals surface area contributed by atoms with Gasteiger partial charge in [0.25, 0.3) is 0 Å². The number of benzene rings is 1. The maximum absolute atomic E-state index is 8.65. The molecule has 0 radical (unpaired) electrons. The first kappa shape index (κ1) is 7.93. The molecule has 0 aliphatic heterocycles. The highest BCUT2D eigenvalue weighted by molar-refractivity contribution is 5.63. The molecule has 0 spiro atoms. The normalized spacial score (nSPS) is 15.0. The lowest BCUT2D eigenvalue weighted by molar-refractivity contribution is 1.16. The molecular formula is C10H11N3. The van der Waals surface area contributed by atoms with Crippen LogP contribution in [0.1, 0.15) is 18.4 Å². The van der Waals surface area contributed by atoms with E-state index < -0.39 is 0 Å². The van der Waals surface area contributed by atoms with Crippen LogP contribution in [0.15, 0.2) is 18.2 Å². The Balaban J connectivity index is 2.19. The Morgan fingerprint density at radius 2 is 2.23 bits per heavy atom. The lowest BCUT2D eigenvalue weighted by Crippen LogP contribution is -2.01. The average molecular weight is 173 g/mol. The van der Waals surface area contributed by atoms with Gasteiger partial charge in [-0.1, -0.05) is 0 Å². The minimum Gasteiger partial charge on any atom is -0.398 e. The summed E-state index contributed by atoms with van der Waals surface area (Å²) in [6, 6.07) is 8.12. The molecule has 3 heteroatoms. The number of nitriles is 1. The fourth-order valence-corrected chi connectivity index (χ4v) is 1.22. The van der Waals surface area contributed by atoms with Gasteiger partial charge in [-0.05, 0) is 31.0 Å². The number of nitrogens with one attached hydrogen (secondary N) is 1. The summed E-state index contributed by atoms with van der Waals surface area (Å²) in [7, 11) is 0. The molecule has 1 aromatic rings. The largest absolute Gasteiger partial charge is 0.398 e. The number of nitrogens with two attached hydrogens (primary N) is 1. The van der Waals surface area contributed by atoms with Crippen LogP contribution in [0, 0.1) is 11.3 Å². The Kier molecular flexibility index (Phi) is 1.82. The van der Waals surface area contributed by atoms with E-state index >= 15 is 0 Å². The van der Waals surface area contributed by atoms with Crippen LogP contribution in [0.3, 0.4) is 0 Å². The Labute approximate surface area is 77.2 Å². The van der Waals surface area contributed by atoms with Gasteiger partial charge < -0.3 is 11.1 Å². The third-order valence-electron chi connectivity index (χ3n) is 2.12. The van der Waals surface area contributed by atoms with E-state index in [9.17, 15) is 0 Å². The SMILES string of the molecule is N#Cc1ccc(NC2CC2)cc1N. The van der Waals surface area contributed by atoms with Crippen LogP contribution < -0.4 is 11.1 Å². The summed E-state index contributed by atoms with van der Waals surface area (Å²) in [5.41, 5.74) is 7.77. The van der Waals surface area contributed by atoms with Crippen molar-refractivity contribution in [3.8, 4) is 6.07 Å². The molecule has 0 amide bonds. The van der Waals surface area contributed by atoms with Crippen LogP contribution in [-0.4, -0.2) is 6.04 Å². The molecule has 0 aromatic heterocycles. The predicted octanol–water partition coefficient (Wildman–Crippen LogP) is 1.71. The maximum Gasteiger partial charge on any atom is 0.101 e. The lowest BCUT2D eigenvalue weighted by Gasteiger charge is -2.05. The molecule has 3 nitrogen and oxygen atoms in total. The van der Waals surface area contributed by atoms with Crippen molar-refractivity contribution in [1.29, 1.82) is 5.26 Å². The molecule has 0 saturated heterocycles. The number of nitrogen functional groups attached to an aromatic ring is 1. The topological polar surface area (TPSA) is 61.8 Å². The number of hydrogen-bond donors (Lipinski definition) is 2. The van der Waals surface area contributed by atoms with Crippen LogP contribution in [0.4, 0.5) is 11.4 Å². The van der Waals surface area contributed by atoms with E-state index in [1.54, 1.807) is 6.07 Å². The number of hydrogen-bond acceptors (Lipinski definition) is 3. The molecule has 1 aliphatic carbocycles. The van der Waals surface area contributed by atoms with Gasteiger partial charge in [-0.2, -0.15) is 5.26 Å². The van der Waals surface area contributed by atoms with Crippen LogP contribution in [0.2, 0.25) is 0 Å². The minimum atomic E-state index is 0.543. The Bertz CT molecular complexity index is 361. The van der Waals surface area contributed by atoms with E-state index in [-0.39, 0.29) is 0 Å². The summed E-state index contributed by atoms with van der Waals surface area (Å²) in [6.45, 7) is 0. The fourth-order valence-electron chi connectivity index (χ4n) is 1.22. The van der Waals surface area contributed by atoms with Gasteiger partial charge in [0, 0.05) is 11.7 Å². The van der Waals surface area contributed by atoms with E-state index in [4.69, 9.17) is 11.0 Å². The van der Waals surface area contributed by atoms with Crippen molar-refractivity contribution < 1.29 is 0 Å². The zero-order chi connectivity index (χ0) is 9.26. The third kappa shape index (κ3) is 1.73. The van der Waals surface area contributed by atoms with E-state index in [1.807, 2.05) is 18.2 Å². The number of rotatable bonds is 2. The molecule has 0 bridgehead atoms. The molecule has 1 aliphatic rings. The molecule has 0 heterocycles.